The molecule has 1 N–H and O–H groups in total. The summed E-state index contributed by atoms with van der Waals surface area (Å²) < 4.78 is 43.7. The van der Waals surface area contributed by atoms with E-state index in [-0.39, 0.29) is 25.0 Å². The Morgan fingerprint density at radius 3 is 2.84 bits per heavy atom. The molecule has 19 heavy (non-hydrogen) atoms. The molecule has 0 spiro atoms. The predicted octanol–water partition coefficient (Wildman–Crippen LogP) is 2.03. The van der Waals surface area contributed by atoms with Crippen LogP contribution in [0, 0.1) is 5.92 Å². The van der Waals surface area contributed by atoms with Gasteiger partial charge in [0.1, 0.15) is 0 Å². The lowest BCUT2D eigenvalue weighted by molar-refractivity contribution is -0.188. The second kappa shape index (κ2) is 6.41. The van der Waals surface area contributed by atoms with Gasteiger partial charge in [0.25, 0.3) is 0 Å². The summed E-state index contributed by atoms with van der Waals surface area (Å²) in [6.07, 6.45) is -2.28. The Kier molecular flexibility index (Phi) is 5.09. The standard InChI is InChI=1S/C13H23F3N2O/c1-10(7-12-9-19-6-4-17-12)18-5-2-3-11(8-18)13(14,15)16/h10-12,17H,2-9H2,1H3. The van der Waals surface area contributed by atoms with Gasteiger partial charge in [-0.15, -0.1) is 0 Å². The lowest BCUT2D eigenvalue weighted by Crippen LogP contribution is -2.49. The van der Waals surface area contributed by atoms with E-state index in [0.29, 0.717) is 13.0 Å². The zero-order valence-corrected chi connectivity index (χ0v) is 11.4. The number of hydrogen-bond donors (Lipinski definition) is 1. The maximum absolute atomic E-state index is 12.8. The minimum atomic E-state index is -4.05. The number of likely N-dealkylation sites (tertiary alicyclic amines) is 1. The van der Waals surface area contributed by atoms with Gasteiger partial charge in [-0.3, -0.25) is 4.90 Å². The number of alkyl halides is 3. The highest BCUT2D eigenvalue weighted by molar-refractivity contribution is 4.83. The average Bonchev–Trinajstić information content (AvgIpc) is 2.39. The number of morpholine rings is 1. The van der Waals surface area contributed by atoms with Crippen LogP contribution in [0.4, 0.5) is 13.2 Å². The van der Waals surface area contributed by atoms with Crippen LogP contribution in [0.5, 0.6) is 0 Å². The number of ether oxygens (including phenoxy) is 1. The molecule has 2 saturated heterocycles. The van der Waals surface area contributed by atoms with Gasteiger partial charge in [0, 0.05) is 25.2 Å². The maximum atomic E-state index is 12.8. The van der Waals surface area contributed by atoms with Crippen LogP contribution in [0.2, 0.25) is 0 Å². The summed E-state index contributed by atoms with van der Waals surface area (Å²) in [5.74, 6) is -1.15. The van der Waals surface area contributed by atoms with Crippen LogP contribution in [-0.4, -0.2) is 56.0 Å². The molecule has 0 aromatic rings. The number of rotatable bonds is 3. The summed E-state index contributed by atoms with van der Waals surface area (Å²) in [6.45, 7) is 5.18. The lowest BCUT2D eigenvalue weighted by atomic mass is 9.95. The zero-order chi connectivity index (χ0) is 13.9. The van der Waals surface area contributed by atoms with Gasteiger partial charge in [0.2, 0.25) is 0 Å². The van der Waals surface area contributed by atoms with Crippen molar-refractivity contribution in [3.05, 3.63) is 0 Å². The summed E-state index contributed by atoms with van der Waals surface area (Å²) >= 11 is 0. The molecule has 2 aliphatic heterocycles. The SMILES string of the molecule is CC(CC1COCCN1)N1CCCC(C(F)(F)F)C1. The van der Waals surface area contributed by atoms with Crippen molar-refractivity contribution < 1.29 is 17.9 Å². The van der Waals surface area contributed by atoms with E-state index in [1.807, 2.05) is 11.8 Å². The van der Waals surface area contributed by atoms with E-state index in [2.05, 4.69) is 5.32 Å². The summed E-state index contributed by atoms with van der Waals surface area (Å²) in [5, 5.41) is 3.36. The summed E-state index contributed by atoms with van der Waals surface area (Å²) in [6, 6.07) is 0.444. The van der Waals surface area contributed by atoms with Crippen LogP contribution in [0.1, 0.15) is 26.2 Å². The Hall–Kier alpha value is -0.330. The molecule has 2 aliphatic rings. The molecule has 0 aliphatic carbocycles. The van der Waals surface area contributed by atoms with Crippen LogP contribution in [0.15, 0.2) is 0 Å². The first kappa shape index (κ1) is 15.1. The van der Waals surface area contributed by atoms with Crippen LogP contribution in [0.3, 0.4) is 0 Å². The molecule has 2 rings (SSSR count). The molecule has 0 radical (unpaired) electrons. The summed E-state index contributed by atoms with van der Waals surface area (Å²) in [4.78, 5) is 1.98. The number of hydrogen-bond acceptors (Lipinski definition) is 3. The highest BCUT2D eigenvalue weighted by Crippen LogP contribution is 2.34. The van der Waals surface area contributed by atoms with Crippen LogP contribution in [0.25, 0.3) is 0 Å². The average molecular weight is 280 g/mol. The molecule has 3 nitrogen and oxygen atoms in total. The Morgan fingerprint density at radius 1 is 1.42 bits per heavy atom. The minimum absolute atomic E-state index is 0.151. The molecule has 0 saturated carbocycles. The van der Waals surface area contributed by atoms with Crippen molar-refractivity contribution >= 4 is 0 Å². The van der Waals surface area contributed by atoms with Crippen molar-refractivity contribution in [2.24, 2.45) is 5.92 Å². The zero-order valence-electron chi connectivity index (χ0n) is 11.4. The Balaban J connectivity index is 1.82. The molecule has 0 aromatic heterocycles. The fraction of sp³-hybridized carbons (Fsp3) is 1.00. The van der Waals surface area contributed by atoms with Crippen molar-refractivity contribution in [1.82, 2.24) is 10.2 Å². The third-order valence-electron chi connectivity index (χ3n) is 4.16. The number of nitrogens with zero attached hydrogens (tertiary/aromatic N) is 1. The normalized spacial score (nSPS) is 32.2. The van der Waals surface area contributed by atoms with Gasteiger partial charge >= 0.3 is 6.18 Å². The van der Waals surface area contributed by atoms with Crippen LogP contribution in [-0.2, 0) is 4.74 Å². The molecule has 2 fully saturated rings. The molecule has 0 aromatic carbocycles. The second-order valence-corrected chi connectivity index (χ2v) is 5.69. The monoisotopic (exact) mass is 280 g/mol. The maximum Gasteiger partial charge on any atom is 0.393 e. The van der Waals surface area contributed by atoms with E-state index in [1.54, 1.807) is 0 Å². The fourth-order valence-corrected chi connectivity index (χ4v) is 3.01. The fourth-order valence-electron chi connectivity index (χ4n) is 3.01. The van der Waals surface area contributed by atoms with Crippen LogP contribution < -0.4 is 5.32 Å². The highest BCUT2D eigenvalue weighted by Gasteiger charge is 2.42. The quantitative estimate of drug-likeness (QED) is 0.856. The van der Waals surface area contributed by atoms with Gasteiger partial charge in [-0.05, 0) is 32.7 Å². The molecule has 3 atom stereocenters. The molecule has 3 unspecified atom stereocenters. The van der Waals surface area contributed by atoms with E-state index < -0.39 is 12.1 Å². The van der Waals surface area contributed by atoms with Crippen molar-refractivity contribution in [2.75, 3.05) is 32.8 Å². The predicted molar refractivity (Wildman–Crippen MR) is 67.0 cm³/mol. The smallest absolute Gasteiger partial charge is 0.379 e. The second-order valence-electron chi connectivity index (χ2n) is 5.69. The molecule has 0 amide bonds. The van der Waals surface area contributed by atoms with Crippen molar-refractivity contribution in [3.63, 3.8) is 0 Å². The van der Waals surface area contributed by atoms with Crippen molar-refractivity contribution in [2.45, 2.75) is 44.4 Å². The summed E-state index contributed by atoms with van der Waals surface area (Å²) in [5.41, 5.74) is 0. The molecular formula is C13H23F3N2O. The Labute approximate surface area is 112 Å². The van der Waals surface area contributed by atoms with Crippen molar-refractivity contribution in [1.29, 1.82) is 0 Å². The Bertz CT molecular complexity index is 280. The lowest BCUT2D eigenvalue weighted by Gasteiger charge is -2.39. The molecule has 2 heterocycles. The number of nitrogens with one attached hydrogen (secondary N) is 1. The number of halogens is 3. The first-order valence-corrected chi connectivity index (χ1v) is 7.08. The Morgan fingerprint density at radius 2 is 2.21 bits per heavy atom. The van der Waals surface area contributed by atoms with Crippen LogP contribution >= 0.6 is 0 Å². The first-order valence-electron chi connectivity index (χ1n) is 7.08. The van der Waals surface area contributed by atoms with Gasteiger partial charge in [0.15, 0.2) is 0 Å². The van der Waals surface area contributed by atoms with E-state index in [4.69, 9.17) is 4.74 Å². The van der Waals surface area contributed by atoms with Crippen molar-refractivity contribution in [3.8, 4) is 0 Å². The minimum Gasteiger partial charge on any atom is -0.379 e. The molecule has 0 bridgehead atoms. The van der Waals surface area contributed by atoms with Gasteiger partial charge in [-0.1, -0.05) is 0 Å². The molecule has 112 valence electrons. The molecule has 6 heteroatoms. The third kappa shape index (κ3) is 4.33. The highest BCUT2D eigenvalue weighted by atomic mass is 19.4. The van der Waals surface area contributed by atoms with Gasteiger partial charge in [-0.2, -0.15) is 13.2 Å². The largest absolute Gasteiger partial charge is 0.393 e. The first-order chi connectivity index (χ1) is 8.97. The van der Waals surface area contributed by atoms with Gasteiger partial charge < -0.3 is 10.1 Å². The molecular weight excluding hydrogens is 257 g/mol. The number of piperidine rings is 1. The van der Waals surface area contributed by atoms with E-state index in [0.717, 1.165) is 26.1 Å². The topological polar surface area (TPSA) is 24.5 Å². The van der Waals surface area contributed by atoms with E-state index in [9.17, 15) is 13.2 Å². The van der Waals surface area contributed by atoms with Gasteiger partial charge in [-0.25, -0.2) is 0 Å². The van der Waals surface area contributed by atoms with Gasteiger partial charge in [0.05, 0.1) is 19.1 Å². The third-order valence-corrected chi connectivity index (χ3v) is 4.16. The summed E-state index contributed by atoms with van der Waals surface area (Å²) in [7, 11) is 0. The van der Waals surface area contributed by atoms with E-state index in [1.165, 1.54) is 0 Å². The van der Waals surface area contributed by atoms with E-state index >= 15 is 0 Å².